The smallest absolute Gasteiger partial charge is 0.307 e. The van der Waals surface area contributed by atoms with Crippen LogP contribution in [0.15, 0.2) is 24.3 Å². The van der Waals surface area contributed by atoms with Crippen LogP contribution in [0.3, 0.4) is 0 Å². The molecule has 0 aliphatic heterocycles. The molecule has 0 aliphatic carbocycles. The normalized spacial score (nSPS) is 12.2. The van der Waals surface area contributed by atoms with Crippen molar-refractivity contribution >= 4 is 5.97 Å². The summed E-state index contributed by atoms with van der Waals surface area (Å²) in [5.41, 5.74) is 8.04. The lowest BCUT2D eigenvalue weighted by Crippen LogP contribution is -2.18. The first-order valence-corrected chi connectivity index (χ1v) is 5.12. The molecule has 3 nitrogen and oxygen atoms in total. The highest BCUT2D eigenvalue weighted by molar-refractivity contribution is 5.70. The maximum atomic E-state index is 11.2. The van der Waals surface area contributed by atoms with Crippen molar-refractivity contribution < 1.29 is 9.53 Å². The van der Waals surface area contributed by atoms with Crippen LogP contribution in [0.1, 0.15) is 30.5 Å². The average molecular weight is 207 g/mol. The van der Waals surface area contributed by atoms with Crippen molar-refractivity contribution in [3.05, 3.63) is 35.4 Å². The van der Waals surface area contributed by atoms with Gasteiger partial charge in [0.15, 0.2) is 0 Å². The van der Waals surface area contributed by atoms with E-state index >= 15 is 0 Å². The number of carbonyl (C=O) groups excluding carboxylic acids is 1. The van der Waals surface area contributed by atoms with Crippen molar-refractivity contribution in [2.45, 2.75) is 26.3 Å². The van der Waals surface area contributed by atoms with Crippen molar-refractivity contribution in [1.82, 2.24) is 0 Å². The van der Waals surface area contributed by atoms with E-state index in [0.29, 0.717) is 6.61 Å². The molecule has 0 saturated heterocycles. The summed E-state index contributed by atoms with van der Waals surface area (Å²) in [6.07, 6.45) is 0.235. The molecule has 0 spiro atoms. The fraction of sp³-hybridized carbons (Fsp3) is 0.417. The third-order valence-electron chi connectivity index (χ3n) is 2.28. The third kappa shape index (κ3) is 3.36. The topological polar surface area (TPSA) is 52.3 Å². The second-order valence-corrected chi connectivity index (χ2v) is 3.47. The Balaban J connectivity index is 2.65. The number of esters is 1. The van der Waals surface area contributed by atoms with Gasteiger partial charge in [-0.2, -0.15) is 0 Å². The molecule has 1 aromatic carbocycles. The molecule has 82 valence electrons. The van der Waals surface area contributed by atoms with Crippen LogP contribution in [-0.2, 0) is 9.53 Å². The fourth-order valence-electron chi connectivity index (χ4n) is 1.51. The quantitative estimate of drug-likeness (QED) is 0.768. The molecular formula is C12H17NO2. The predicted molar refractivity (Wildman–Crippen MR) is 59.4 cm³/mol. The van der Waals surface area contributed by atoms with Crippen LogP contribution < -0.4 is 5.73 Å². The van der Waals surface area contributed by atoms with Gasteiger partial charge in [-0.15, -0.1) is 0 Å². The van der Waals surface area contributed by atoms with Crippen LogP contribution in [0.2, 0.25) is 0 Å². The van der Waals surface area contributed by atoms with E-state index in [1.165, 1.54) is 0 Å². The maximum Gasteiger partial charge on any atom is 0.307 e. The number of hydrogen-bond acceptors (Lipinski definition) is 3. The minimum atomic E-state index is -0.273. The highest BCUT2D eigenvalue weighted by atomic mass is 16.5. The van der Waals surface area contributed by atoms with Crippen LogP contribution >= 0.6 is 0 Å². The number of carbonyl (C=O) groups is 1. The Labute approximate surface area is 90.2 Å². The van der Waals surface area contributed by atoms with Gasteiger partial charge in [-0.1, -0.05) is 24.3 Å². The molecule has 3 heteroatoms. The number of hydrogen-bond donors (Lipinski definition) is 1. The predicted octanol–water partition coefficient (Wildman–Crippen LogP) is 1.95. The fourth-order valence-corrected chi connectivity index (χ4v) is 1.51. The molecular weight excluding hydrogens is 190 g/mol. The zero-order valence-electron chi connectivity index (χ0n) is 9.19. The number of ether oxygens (including phenoxy) is 1. The van der Waals surface area contributed by atoms with Crippen LogP contribution in [-0.4, -0.2) is 12.6 Å². The lowest BCUT2D eigenvalue weighted by molar-refractivity contribution is -0.143. The molecule has 0 radical (unpaired) electrons. The van der Waals surface area contributed by atoms with E-state index in [-0.39, 0.29) is 18.4 Å². The van der Waals surface area contributed by atoms with Gasteiger partial charge in [0.2, 0.25) is 0 Å². The molecule has 0 aromatic heterocycles. The Morgan fingerprint density at radius 1 is 1.47 bits per heavy atom. The molecule has 0 fully saturated rings. The van der Waals surface area contributed by atoms with Crippen LogP contribution in [0.25, 0.3) is 0 Å². The van der Waals surface area contributed by atoms with Crippen molar-refractivity contribution in [3.63, 3.8) is 0 Å². The van der Waals surface area contributed by atoms with Crippen molar-refractivity contribution in [2.75, 3.05) is 6.61 Å². The highest BCUT2D eigenvalue weighted by Gasteiger charge is 2.13. The molecule has 1 atom stereocenters. The Hall–Kier alpha value is -1.35. The van der Waals surface area contributed by atoms with Gasteiger partial charge in [0.1, 0.15) is 0 Å². The molecule has 1 aromatic rings. The summed E-state index contributed by atoms with van der Waals surface area (Å²) < 4.78 is 4.85. The van der Waals surface area contributed by atoms with E-state index in [9.17, 15) is 4.79 Å². The Morgan fingerprint density at radius 3 is 2.73 bits per heavy atom. The van der Waals surface area contributed by atoms with Crippen LogP contribution in [0.4, 0.5) is 0 Å². The van der Waals surface area contributed by atoms with Gasteiger partial charge >= 0.3 is 5.97 Å². The molecule has 0 saturated carbocycles. The van der Waals surface area contributed by atoms with Gasteiger partial charge in [0, 0.05) is 6.04 Å². The van der Waals surface area contributed by atoms with E-state index in [1.807, 2.05) is 31.2 Å². The van der Waals surface area contributed by atoms with Gasteiger partial charge in [0.05, 0.1) is 13.0 Å². The van der Waals surface area contributed by atoms with Crippen molar-refractivity contribution in [1.29, 1.82) is 0 Å². The molecule has 1 rings (SSSR count). The minimum Gasteiger partial charge on any atom is -0.466 e. The van der Waals surface area contributed by atoms with Gasteiger partial charge in [-0.05, 0) is 25.0 Å². The lowest BCUT2D eigenvalue weighted by atomic mass is 10.00. The summed E-state index contributed by atoms with van der Waals surface area (Å²) in [5, 5.41) is 0. The third-order valence-corrected chi connectivity index (χ3v) is 2.28. The van der Waals surface area contributed by atoms with Crippen LogP contribution in [0.5, 0.6) is 0 Å². The van der Waals surface area contributed by atoms with E-state index in [4.69, 9.17) is 10.5 Å². The number of aryl methyl sites for hydroxylation is 1. The largest absolute Gasteiger partial charge is 0.466 e. The first kappa shape index (κ1) is 11.7. The zero-order chi connectivity index (χ0) is 11.3. The van der Waals surface area contributed by atoms with Gasteiger partial charge in [0.25, 0.3) is 0 Å². The zero-order valence-corrected chi connectivity index (χ0v) is 9.19. The van der Waals surface area contributed by atoms with E-state index in [0.717, 1.165) is 11.1 Å². The summed E-state index contributed by atoms with van der Waals surface area (Å²) in [5.74, 6) is -0.242. The average Bonchev–Trinajstić information content (AvgIpc) is 2.18. The van der Waals surface area contributed by atoms with Gasteiger partial charge < -0.3 is 10.5 Å². The van der Waals surface area contributed by atoms with Crippen LogP contribution in [0, 0.1) is 6.92 Å². The monoisotopic (exact) mass is 207 g/mol. The Kier molecular flexibility index (Phi) is 4.31. The highest BCUT2D eigenvalue weighted by Crippen LogP contribution is 2.18. The first-order valence-electron chi connectivity index (χ1n) is 5.12. The maximum absolute atomic E-state index is 11.2. The SMILES string of the molecule is CCOC(=O)C[C@@H](N)c1ccccc1C. The molecule has 0 bridgehead atoms. The van der Waals surface area contributed by atoms with Gasteiger partial charge in [-0.25, -0.2) is 0 Å². The number of rotatable bonds is 4. The number of nitrogens with two attached hydrogens (primary N) is 1. The standard InChI is InChI=1S/C12H17NO2/c1-3-15-12(14)8-11(13)10-7-5-4-6-9(10)2/h4-7,11H,3,8,13H2,1-2H3/t11-/m1/s1. The van der Waals surface area contributed by atoms with Crippen molar-refractivity contribution in [2.24, 2.45) is 5.73 Å². The molecule has 0 heterocycles. The summed E-state index contributed by atoms with van der Waals surface area (Å²) in [6, 6.07) is 7.54. The Morgan fingerprint density at radius 2 is 2.13 bits per heavy atom. The molecule has 15 heavy (non-hydrogen) atoms. The Bertz CT molecular complexity index is 336. The second-order valence-electron chi connectivity index (χ2n) is 3.47. The lowest BCUT2D eigenvalue weighted by Gasteiger charge is -2.13. The van der Waals surface area contributed by atoms with Gasteiger partial charge in [-0.3, -0.25) is 4.79 Å². The van der Waals surface area contributed by atoms with E-state index < -0.39 is 0 Å². The summed E-state index contributed by atoms with van der Waals surface area (Å²) in [7, 11) is 0. The summed E-state index contributed by atoms with van der Waals surface area (Å²) >= 11 is 0. The molecule has 0 unspecified atom stereocenters. The molecule has 0 aliphatic rings. The second kappa shape index (κ2) is 5.51. The van der Waals surface area contributed by atoms with E-state index in [1.54, 1.807) is 6.92 Å². The summed E-state index contributed by atoms with van der Waals surface area (Å²) in [4.78, 5) is 11.2. The molecule has 0 amide bonds. The minimum absolute atomic E-state index is 0.235. The summed E-state index contributed by atoms with van der Waals surface area (Å²) in [6.45, 7) is 4.18. The van der Waals surface area contributed by atoms with E-state index in [2.05, 4.69) is 0 Å². The number of benzene rings is 1. The first-order chi connectivity index (χ1) is 7.15. The van der Waals surface area contributed by atoms with Crippen molar-refractivity contribution in [3.8, 4) is 0 Å². The molecule has 2 N–H and O–H groups in total.